The van der Waals surface area contributed by atoms with E-state index in [0.717, 1.165) is 10.8 Å². The summed E-state index contributed by atoms with van der Waals surface area (Å²) < 4.78 is 0. The second kappa shape index (κ2) is 6.76. The summed E-state index contributed by atoms with van der Waals surface area (Å²) in [6.45, 7) is 0. The van der Waals surface area contributed by atoms with E-state index >= 15 is 0 Å². The van der Waals surface area contributed by atoms with Crippen LogP contribution in [0, 0.1) is 0 Å². The van der Waals surface area contributed by atoms with E-state index in [9.17, 15) is 29.1 Å². The van der Waals surface area contributed by atoms with Gasteiger partial charge in [-0.25, -0.2) is 4.79 Å². The van der Waals surface area contributed by atoms with Crippen LogP contribution in [0.1, 0.15) is 51.8 Å². The van der Waals surface area contributed by atoms with Gasteiger partial charge in [0.15, 0.2) is 25.1 Å². The molecule has 4 aromatic rings. The summed E-state index contributed by atoms with van der Waals surface area (Å²) in [5, 5.41) is 12.6. The number of aromatic carboxylic acids is 1. The smallest absolute Gasteiger partial charge is 0.336 e. The Morgan fingerprint density at radius 2 is 1.17 bits per heavy atom. The van der Waals surface area contributed by atoms with Crippen LogP contribution in [0.15, 0.2) is 42.5 Å². The van der Waals surface area contributed by atoms with E-state index in [1.165, 1.54) is 0 Å². The second-order valence-electron chi connectivity index (χ2n) is 6.53. The Bertz CT molecular complexity index is 1400. The minimum absolute atomic E-state index is 0.0370. The molecule has 0 aromatic heterocycles. The van der Waals surface area contributed by atoms with E-state index in [1.807, 2.05) is 24.3 Å². The number of hydrogen-bond acceptors (Lipinski definition) is 5. The molecule has 140 valence electrons. The van der Waals surface area contributed by atoms with E-state index < -0.39 is 5.97 Å². The van der Waals surface area contributed by atoms with Crippen LogP contribution in [-0.4, -0.2) is 36.2 Å². The van der Waals surface area contributed by atoms with E-state index in [1.54, 1.807) is 18.2 Å². The Morgan fingerprint density at radius 1 is 0.655 bits per heavy atom. The molecule has 29 heavy (non-hydrogen) atoms. The maximum Gasteiger partial charge on any atom is 0.336 e. The normalized spacial score (nSPS) is 10.9. The second-order valence-corrected chi connectivity index (χ2v) is 6.53. The van der Waals surface area contributed by atoms with Gasteiger partial charge in [-0.15, -0.1) is 0 Å². The number of carbonyl (C=O) groups is 5. The number of carboxylic acid groups (broad SMARTS) is 1. The molecule has 0 aliphatic rings. The number of benzene rings is 4. The summed E-state index contributed by atoms with van der Waals surface area (Å²) in [6.07, 6.45) is 1.35. The lowest BCUT2D eigenvalue weighted by molar-refractivity contribution is 0.0700. The van der Waals surface area contributed by atoms with Gasteiger partial charge in [0, 0.05) is 27.6 Å². The molecule has 0 radical (unpaired) electrons. The Balaban J connectivity index is 2.41. The van der Waals surface area contributed by atoms with E-state index in [2.05, 4.69) is 0 Å². The third-order valence-electron chi connectivity index (χ3n) is 5.12. The predicted molar refractivity (Wildman–Crippen MR) is 107 cm³/mol. The molecule has 0 unspecified atom stereocenters. The SMILES string of the molecule is O=Cc1c(C=O)c(C=O)c2c(C(=O)O)c3cc4ccccc4cc3cc2c1C=O. The van der Waals surface area contributed by atoms with Crippen molar-refractivity contribution < 1.29 is 29.1 Å². The van der Waals surface area contributed by atoms with Crippen LogP contribution in [-0.2, 0) is 0 Å². The van der Waals surface area contributed by atoms with Crippen molar-refractivity contribution in [3.05, 3.63) is 70.3 Å². The number of hydrogen-bond donors (Lipinski definition) is 1. The molecule has 0 bridgehead atoms. The van der Waals surface area contributed by atoms with Gasteiger partial charge in [-0.05, 0) is 45.1 Å². The number of aldehydes is 4. The first-order valence-corrected chi connectivity index (χ1v) is 8.58. The highest BCUT2D eigenvalue weighted by molar-refractivity contribution is 6.26. The first kappa shape index (κ1) is 18.2. The molecule has 4 rings (SSSR count). The molecule has 1 N–H and O–H groups in total. The van der Waals surface area contributed by atoms with Crippen LogP contribution in [0.25, 0.3) is 32.3 Å². The maximum absolute atomic E-state index is 12.2. The molecule has 6 nitrogen and oxygen atoms in total. The molecule has 0 saturated heterocycles. The molecule has 6 heteroatoms. The molecule has 0 amide bonds. The lowest BCUT2D eigenvalue weighted by atomic mass is 9.85. The third kappa shape index (κ3) is 2.54. The van der Waals surface area contributed by atoms with Crippen molar-refractivity contribution in [2.45, 2.75) is 0 Å². The fourth-order valence-corrected chi connectivity index (χ4v) is 3.88. The largest absolute Gasteiger partial charge is 0.478 e. The summed E-state index contributed by atoms with van der Waals surface area (Å²) in [6, 6.07) is 12.4. The van der Waals surface area contributed by atoms with E-state index in [-0.39, 0.29) is 44.9 Å². The van der Waals surface area contributed by atoms with Crippen LogP contribution in [0.4, 0.5) is 0 Å². The fourth-order valence-electron chi connectivity index (χ4n) is 3.88. The summed E-state index contributed by atoms with van der Waals surface area (Å²) >= 11 is 0. The van der Waals surface area contributed by atoms with Crippen LogP contribution in [0.3, 0.4) is 0 Å². The molecule has 0 atom stereocenters. The summed E-state index contributed by atoms with van der Waals surface area (Å²) in [7, 11) is 0. The number of carboxylic acids is 1. The predicted octanol–water partition coefficient (Wildman–Crippen LogP) is 4.09. The van der Waals surface area contributed by atoms with Crippen LogP contribution < -0.4 is 0 Å². The Labute approximate surface area is 163 Å². The molecule has 0 saturated carbocycles. The van der Waals surface area contributed by atoms with Gasteiger partial charge in [0.25, 0.3) is 0 Å². The van der Waals surface area contributed by atoms with Gasteiger partial charge in [0.1, 0.15) is 0 Å². The monoisotopic (exact) mass is 384 g/mol. The first-order chi connectivity index (χ1) is 14.0. The molecule has 0 spiro atoms. The van der Waals surface area contributed by atoms with Gasteiger partial charge in [0.2, 0.25) is 0 Å². The molecule has 0 fully saturated rings. The van der Waals surface area contributed by atoms with Gasteiger partial charge in [-0.3, -0.25) is 19.2 Å². The van der Waals surface area contributed by atoms with Crippen molar-refractivity contribution in [2.24, 2.45) is 0 Å². The number of carbonyl (C=O) groups excluding carboxylic acids is 4. The maximum atomic E-state index is 12.2. The van der Waals surface area contributed by atoms with Crippen molar-refractivity contribution in [1.82, 2.24) is 0 Å². The molecule has 0 aliphatic carbocycles. The van der Waals surface area contributed by atoms with E-state index in [0.29, 0.717) is 29.6 Å². The van der Waals surface area contributed by atoms with E-state index in [4.69, 9.17) is 0 Å². The number of rotatable bonds is 5. The quantitative estimate of drug-likeness (QED) is 0.410. The number of fused-ring (bicyclic) bond motifs is 3. The zero-order valence-electron chi connectivity index (χ0n) is 14.8. The average molecular weight is 384 g/mol. The van der Waals surface area contributed by atoms with Gasteiger partial charge >= 0.3 is 5.97 Å². The van der Waals surface area contributed by atoms with Crippen molar-refractivity contribution in [3.8, 4) is 0 Å². The molecule has 0 heterocycles. The van der Waals surface area contributed by atoms with Gasteiger partial charge in [-0.2, -0.15) is 0 Å². The zero-order chi connectivity index (χ0) is 20.7. The van der Waals surface area contributed by atoms with Gasteiger partial charge in [0.05, 0.1) is 5.56 Å². The molecular formula is C23H12O6. The van der Waals surface area contributed by atoms with Crippen molar-refractivity contribution in [1.29, 1.82) is 0 Å². The molecule has 0 aliphatic heterocycles. The van der Waals surface area contributed by atoms with Crippen molar-refractivity contribution in [3.63, 3.8) is 0 Å². The highest BCUT2D eigenvalue weighted by atomic mass is 16.4. The summed E-state index contributed by atoms with van der Waals surface area (Å²) in [5.41, 5.74) is -1.09. The highest BCUT2D eigenvalue weighted by Gasteiger charge is 2.24. The average Bonchev–Trinajstić information content (AvgIpc) is 2.73. The summed E-state index contributed by atoms with van der Waals surface area (Å²) in [5.74, 6) is -1.31. The standard InChI is InChI=1S/C23H12O6/c24-8-17-16-7-14-5-12-3-1-2-4-13(12)6-15(14)22(23(28)29)21(16)20(11-27)19(10-26)18(17)9-25/h1-11H,(H,28,29). The van der Waals surface area contributed by atoms with Crippen molar-refractivity contribution in [2.75, 3.05) is 0 Å². The minimum Gasteiger partial charge on any atom is -0.478 e. The van der Waals surface area contributed by atoms with Crippen molar-refractivity contribution >= 4 is 63.4 Å². The van der Waals surface area contributed by atoms with Crippen LogP contribution >= 0.6 is 0 Å². The highest BCUT2D eigenvalue weighted by Crippen LogP contribution is 2.37. The Kier molecular flexibility index (Phi) is 4.24. The Morgan fingerprint density at radius 3 is 1.72 bits per heavy atom. The topological polar surface area (TPSA) is 106 Å². The van der Waals surface area contributed by atoms with Crippen LogP contribution in [0.5, 0.6) is 0 Å². The fraction of sp³-hybridized carbons (Fsp3) is 0. The van der Waals surface area contributed by atoms with Crippen LogP contribution in [0.2, 0.25) is 0 Å². The molecule has 4 aromatic carbocycles. The summed E-state index contributed by atoms with van der Waals surface area (Å²) in [4.78, 5) is 59.0. The third-order valence-corrected chi connectivity index (χ3v) is 5.12. The van der Waals surface area contributed by atoms with Gasteiger partial charge < -0.3 is 5.11 Å². The minimum atomic E-state index is -1.31. The lowest BCUT2D eigenvalue weighted by Gasteiger charge is -2.16. The first-order valence-electron chi connectivity index (χ1n) is 8.58. The Hall–Kier alpha value is -4.19. The molecular weight excluding hydrogens is 372 g/mol. The van der Waals surface area contributed by atoms with Gasteiger partial charge in [-0.1, -0.05) is 24.3 Å². The lowest BCUT2D eigenvalue weighted by Crippen LogP contribution is -2.09. The zero-order valence-corrected chi connectivity index (χ0v) is 14.8.